The second-order valence-corrected chi connectivity index (χ2v) is 6.71. The molecule has 1 N–H and O–H groups in total. The van der Waals surface area contributed by atoms with Crippen molar-refractivity contribution >= 4 is 33.6 Å². The molecule has 0 saturated heterocycles. The van der Waals surface area contributed by atoms with E-state index in [1.54, 1.807) is 7.11 Å². The Morgan fingerprint density at radius 1 is 1.15 bits per heavy atom. The zero-order chi connectivity index (χ0) is 17.9. The predicted molar refractivity (Wildman–Crippen MR) is 108 cm³/mol. The highest BCUT2D eigenvalue weighted by Gasteiger charge is 2.05. The fourth-order valence-corrected chi connectivity index (χ4v) is 3.52. The Morgan fingerprint density at radius 3 is 2.77 bits per heavy atom. The van der Waals surface area contributed by atoms with E-state index in [-0.39, 0.29) is 0 Å². The molecular weight excluding hydrogens is 344 g/mol. The third kappa shape index (κ3) is 3.19. The van der Waals surface area contributed by atoms with E-state index in [1.807, 2.05) is 55.0 Å². The van der Waals surface area contributed by atoms with Gasteiger partial charge in [-0.25, -0.2) is 4.98 Å². The number of para-hydroxylation sites is 1. The Balaban J connectivity index is 1.49. The zero-order valence-electron chi connectivity index (χ0n) is 14.5. The highest BCUT2D eigenvalue weighted by Crippen LogP contribution is 2.26. The van der Waals surface area contributed by atoms with Crippen molar-refractivity contribution in [2.75, 3.05) is 12.5 Å². The lowest BCUT2D eigenvalue weighted by Gasteiger charge is -2.00. The van der Waals surface area contributed by atoms with Gasteiger partial charge in [-0.05, 0) is 30.3 Å². The number of hydrogen-bond acceptors (Lipinski definition) is 5. The number of hydrazone groups is 1. The van der Waals surface area contributed by atoms with Gasteiger partial charge in [0.2, 0.25) is 5.13 Å². The molecule has 0 unspecified atom stereocenters. The summed E-state index contributed by atoms with van der Waals surface area (Å²) in [6.45, 7) is 0. The van der Waals surface area contributed by atoms with Crippen LogP contribution < -0.4 is 10.2 Å². The summed E-state index contributed by atoms with van der Waals surface area (Å²) in [6, 6.07) is 16.1. The maximum absolute atomic E-state index is 5.19. The van der Waals surface area contributed by atoms with Gasteiger partial charge in [0.25, 0.3) is 0 Å². The Labute approximate surface area is 155 Å². The van der Waals surface area contributed by atoms with E-state index in [2.05, 4.69) is 38.4 Å². The predicted octanol–water partition coefficient (Wildman–Crippen LogP) is 4.76. The van der Waals surface area contributed by atoms with E-state index in [9.17, 15) is 0 Å². The van der Waals surface area contributed by atoms with Crippen molar-refractivity contribution < 1.29 is 4.74 Å². The van der Waals surface area contributed by atoms with E-state index in [1.165, 1.54) is 22.2 Å². The molecule has 2 aromatic heterocycles. The van der Waals surface area contributed by atoms with Crippen LogP contribution >= 0.6 is 11.3 Å². The summed E-state index contributed by atoms with van der Waals surface area (Å²) in [4.78, 5) is 4.58. The van der Waals surface area contributed by atoms with Crippen molar-refractivity contribution in [3.8, 4) is 17.0 Å². The van der Waals surface area contributed by atoms with Crippen LogP contribution in [0.1, 0.15) is 5.56 Å². The smallest absolute Gasteiger partial charge is 0.203 e. The van der Waals surface area contributed by atoms with Crippen LogP contribution in [0.2, 0.25) is 0 Å². The average Bonchev–Trinajstić information content (AvgIpc) is 3.28. The van der Waals surface area contributed by atoms with Gasteiger partial charge in [-0.1, -0.05) is 18.2 Å². The minimum absolute atomic E-state index is 0.757. The van der Waals surface area contributed by atoms with Crippen molar-refractivity contribution in [3.63, 3.8) is 0 Å². The van der Waals surface area contributed by atoms with Crippen LogP contribution in [0.15, 0.2) is 65.2 Å². The topological polar surface area (TPSA) is 51.4 Å². The summed E-state index contributed by atoms with van der Waals surface area (Å²) < 4.78 is 7.29. The average molecular weight is 362 g/mol. The van der Waals surface area contributed by atoms with Gasteiger partial charge in [-0.2, -0.15) is 5.10 Å². The molecule has 2 heterocycles. The standard InChI is InChI=1S/C20H18N4OS/c1-24-12-15(17-5-3-4-6-19(17)24)11-21-23-20-22-18(13-26-20)14-7-9-16(25-2)10-8-14/h3-13H,1-2H3,(H,22,23)/b21-11+. The normalized spacial score (nSPS) is 11.3. The van der Waals surface area contributed by atoms with Crippen LogP contribution in [-0.4, -0.2) is 22.9 Å². The number of thiazole rings is 1. The van der Waals surface area contributed by atoms with Crippen molar-refractivity contribution in [2.24, 2.45) is 12.1 Å². The summed E-state index contributed by atoms with van der Waals surface area (Å²) in [5.41, 5.74) is 7.25. The van der Waals surface area contributed by atoms with E-state index in [0.29, 0.717) is 0 Å². The molecule has 0 radical (unpaired) electrons. The fourth-order valence-electron chi connectivity index (χ4n) is 2.85. The minimum atomic E-state index is 0.757. The molecule has 6 heteroatoms. The Morgan fingerprint density at radius 2 is 1.96 bits per heavy atom. The number of nitrogens with zero attached hydrogens (tertiary/aromatic N) is 3. The number of nitrogens with one attached hydrogen (secondary N) is 1. The van der Waals surface area contributed by atoms with Crippen LogP contribution in [-0.2, 0) is 7.05 Å². The van der Waals surface area contributed by atoms with Crippen molar-refractivity contribution in [1.82, 2.24) is 9.55 Å². The Kier molecular flexibility index (Phi) is 4.41. The first-order valence-electron chi connectivity index (χ1n) is 8.17. The fraction of sp³-hybridized carbons (Fsp3) is 0.100. The molecule has 26 heavy (non-hydrogen) atoms. The molecule has 0 atom stereocenters. The van der Waals surface area contributed by atoms with Crippen LogP contribution in [0.5, 0.6) is 5.75 Å². The SMILES string of the molecule is COc1ccc(-c2csc(N/N=C/c3cn(C)c4ccccc34)n2)cc1. The highest BCUT2D eigenvalue weighted by molar-refractivity contribution is 7.14. The summed E-state index contributed by atoms with van der Waals surface area (Å²) in [5.74, 6) is 0.835. The first-order chi connectivity index (χ1) is 12.7. The zero-order valence-corrected chi connectivity index (χ0v) is 15.3. The van der Waals surface area contributed by atoms with Crippen molar-refractivity contribution in [1.29, 1.82) is 0 Å². The second kappa shape index (κ2) is 7.01. The number of aromatic nitrogens is 2. The molecule has 0 aliphatic carbocycles. The highest BCUT2D eigenvalue weighted by atomic mass is 32.1. The lowest BCUT2D eigenvalue weighted by atomic mass is 10.2. The quantitative estimate of drug-likeness (QED) is 0.411. The third-order valence-corrected chi connectivity index (χ3v) is 4.93. The maximum Gasteiger partial charge on any atom is 0.203 e. The molecule has 0 spiro atoms. The van der Waals surface area contributed by atoms with Gasteiger partial charge in [-0.3, -0.25) is 5.43 Å². The van der Waals surface area contributed by atoms with Crippen LogP contribution in [0, 0.1) is 0 Å². The molecule has 0 aliphatic rings. The van der Waals surface area contributed by atoms with Gasteiger partial charge in [0.1, 0.15) is 5.75 Å². The Bertz CT molecular complexity index is 1060. The molecule has 130 valence electrons. The van der Waals surface area contributed by atoms with Gasteiger partial charge in [0, 0.05) is 40.7 Å². The molecule has 0 bridgehead atoms. The second-order valence-electron chi connectivity index (χ2n) is 5.85. The van der Waals surface area contributed by atoms with Crippen molar-refractivity contribution in [2.45, 2.75) is 0 Å². The Hall–Kier alpha value is -3.12. The number of aryl methyl sites for hydroxylation is 1. The van der Waals surface area contributed by atoms with E-state index >= 15 is 0 Å². The molecule has 5 nitrogen and oxygen atoms in total. The third-order valence-electron chi connectivity index (χ3n) is 4.18. The van der Waals surface area contributed by atoms with Gasteiger partial charge in [0.15, 0.2) is 0 Å². The van der Waals surface area contributed by atoms with Gasteiger partial charge >= 0.3 is 0 Å². The summed E-state index contributed by atoms with van der Waals surface area (Å²) in [7, 11) is 3.70. The number of ether oxygens (including phenoxy) is 1. The van der Waals surface area contributed by atoms with Gasteiger partial charge in [-0.15, -0.1) is 11.3 Å². The lowest BCUT2D eigenvalue weighted by molar-refractivity contribution is 0.415. The summed E-state index contributed by atoms with van der Waals surface area (Å²) >= 11 is 1.53. The van der Waals surface area contributed by atoms with Crippen LogP contribution in [0.4, 0.5) is 5.13 Å². The van der Waals surface area contributed by atoms with Crippen LogP contribution in [0.3, 0.4) is 0 Å². The van der Waals surface area contributed by atoms with E-state index < -0.39 is 0 Å². The number of hydrogen-bond donors (Lipinski definition) is 1. The lowest BCUT2D eigenvalue weighted by Crippen LogP contribution is -1.90. The first-order valence-corrected chi connectivity index (χ1v) is 9.05. The van der Waals surface area contributed by atoms with Gasteiger partial charge < -0.3 is 9.30 Å². The van der Waals surface area contributed by atoms with Crippen LogP contribution in [0.25, 0.3) is 22.2 Å². The summed E-state index contributed by atoms with van der Waals surface area (Å²) in [5, 5.41) is 8.30. The molecule has 0 saturated carbocycles. The van der Waals surface area contributed by atoms with E-state index in [0.717, 1.165) is 27.7 Å². The number of anilines is 1. The largest absolute Gasteiger partial charge is 0.497 e. The number of rotatable bonds is 5. The maximum atomic E-state index is 5.19. The number of methoxy groups -OCH3 is 1. The van der Waals surface area contributed by atoms with E-state index in [4.69, 9.17) is 4.74 Å². The molecular formula is C20H18N4OS. The monoisotopic (exact) mass is 362 g/mol. The molecule has 0 aliphatic heterocycles. The minimum Gasteiger partial charge on any atom is -0.497 e. The number of fused-ring (bicyclic) bond motifs is 1. The van der Waals surface area contributed by atoms with Crippen molar-refractivity contribution in [3.05, 3.63) is 65.7 Å². The molecule has 4 rings (SSSR count). The molecule has 2 aromatic carbocycles. The molecule has 0 fully saturated rings. The summed E-state index contributed by atoms with van der Waals surface area (Å²) in [6.07, 6.45) is 3.90. The molecule has 4 aromatic rings. The molecule has 0 amide bonds. The first kappa shape index (κ1) is 16.4. The van der Waals surface area contributed by atoms with Gasteiger partial charge in [0.05, 0.1) is 19.0 Å². The number of benzene rings is 2.